The maximum absolute atomic E-state index is 11.7. The summed E-state index contributed by atoms with van der Waals surface area (Å²) in [5, 5.41) is 46.2. The number of halogens is 10. The molecule has 8 aromatic heterocycles. The van der Waals surface area contributed by atoms with Crippen molar-refractivity contribution < 1.29 is 62.5 Å². The highest BCUT2D eigenvalue weighted by Crippen LogP contribution is 2.37. The van der Waals surface area contributed by atoms with Crippen molar-refractivity contribution in [1.82, 2.24) is 45.0 Å². The van der Waals surface area contributed by atoms with Crippen molar-refractivity contribution in [2.45, 2.75) is 33.5 Å². The van der Waals surface area contributed by atoms with Crippen LogP contribution in [0.15, 0.2) is 195 Å². The standard InChI is InChI=1S/C21H15Cl2N3O3.C16H12Cl2N2O2.C15H10Cl2N2O3.C14H8Cl2N2O2.C13H6Cl2N2O3/c1-29-14-5-2-12(3-6-14)11-26-20-15(7-9-18(24-20)21(27)28)19(25-26)13-4-8-16(22)17(23)10-13;1-2-22-16(21)13-6-4-10-14(20-13)8-19-15(10)9-3-5-11(17)12(18)7-9;1-2-21-15(20)12-6-4-9-13(19-22-14(9)18-12)8-3-5-10(16)11(17)7-8;15-9-3-1-7(5-10(9)16)13-8-2-4-11(14(19)20)18-12(8)6-17-13;14-8-3-1-6(5-9(8)15)11-7-2-4-10(13(18)19)16-12(7)20-17-11/h2-10H,11H2,1H3,(H,27,28);3-7H,2,8H2,1H3;3-7H,2H2,1H3;1-5H,6H2,(H,19,20);1-5H,(H,18,19). The molecule has 2 aliphatic heterocycles. The number of fused-ring (bicyclic) bond motifs is 5. The highest BCUT2D eigenvalue weighted by Gasteiger charge is 2.26. The van der Waals surface area contributed by atoms with Crippen LogP contribution in [-0.2, 0) is 29.1 Å². The smallest absolute Gasteiger partial charge is 0.357 e. The molecular formula is C79H51Cl10N11O13. The Morgan fingerprint density at radius 3 is 1.18 bits per heavy atom. The number of pyridine rings is 5. The highest BCUT2D eigenvalue weighted by molar-refractivity contribution is 6.44. The van der Waals surface area contributed by atoms with Crippen molar-refractivity contribution in [3.8, 4) is 39.5 Å². The van der Waals surface area contributed by atoms with Crippen LogP contribution in [0.4, 0.5) is 0 Å². The summed E-state index contributed by atoms with van der Waals surface area (Å²) >= 11 is 59.9. The first kappa shape index (κ1) is 81.4. The zero-order valence-corrected chi connectivity index (χ0v) is 66.0. The van der Waals surface area contributed by atoms with Gasteiger partial charge < -0.3 is 38.6 Å². The van der Waals surface area contributed by atoms with Crippen molar-refractivity contribution in [2.24, 2.45) is 9.98 Å². The summed E-state index contributed by atoms with van der Waals surface area (Å²) in [6, 6.07) is 49.8. The van der Waals surface area contributed by atoms with E-state index in [4.69, 9.17) is 155 Å². The van der Waals surface area contributed by atoms with Gasteiger partial charge in [-0.2, -0.15) is 5.10 Å². The van der Waals surface area contributed by atoms with Gasteiger partial charge in [0.15, 0.2) is 22.7 Å². The molecule has 0 bridgehead atoms. The molecule has 6 aromatic carbocycles. The first-order valence-electron chi connectivity index (χ1n) is 33.2. The van der Waals surface area contributed by atoms with Gasteiger partial charge in [0.25, 0.3) is 11.4 Å². The lowest BCUT2D eigenvalue weighted by atomic mass is 10.0. The van der Waals surface area contributed by atoms with Gasteiger partial charge in [-0.05, 0) is 153 Å². The maximum atomic E-state index is 11.7. The summed E-state index contributed by atoms with van der Waals surface area (Å²) in [5.74, 6) is -3.44. The second kappa shape index (κ2) is 36.1. The lowest BCUT2D eigenvalue weighted by Crippen LogP contribution is -2.10. The van der Waals surface area contributed by atoms with Crippen molar-refractivity contribution in [3.05, 3.63) is 294 Å². The van der Waals surface area contributed by atoms with E-state index in [-0.39, 0.29) is 40.8 Å². The molecule has 0 saturated heterocycles. The van der Waals surface area contributed by atoms with Crippen LogP contribution in [0.25, 0.3) is 67.0 Å². The van der Waals surface area contributed by atoms with Gasteiger partial charge in [-0.25, -0.2) is 53.6 Å². The Morgan fingerprint density at radius 2 is 0.752 bits per heavy atom. The predicted molar refractivity (Wildman–Crippen MR) is 432 cm³/mol. The average molecular weight is 1720 g/mol. The highest BCUT2D eigenvalue weighted by atomic mass is 35.5. The second-order valence-corrected chi connectivity index (χ2v) is 27.9. The first-order valence-corrected chi connectivity index (χ1v) is 37.0. The zero-order valence-electron chi connectivity index (χ0n) is 58.4. The maximum Gasteiger partial charge on any atom is 0.357 e. The number of methoxy groups -OCH3 is 1. The molecule has 113 heavy (non-hydrogen) atoms. The molecule has 14 aromatic rings. The summed E-state index contributed by atoms with van der Waals surface area (Å²) in [6.07, 6.45) is 0. The minimum atomic E-state index is -1.13. The van der Waals surface area contributed by atoms with E-state index in [1.54, 1.807) is 135 Å². The monoisotopic (exact) mass is 1710 g/mol. The van der Waals surface area contributed by atoms with E-state index >= 15 is 0 Å². The normalized spacial score (nSPS) is 11.7. The van der Waals surface area contributed by atoms with Gasteiger partial charge in [0.1, 0.15) is 34.2 Å². The van der Waals surface area contributed by atoms with Crippen LogP contribution in [0, 0.1) is 0 Å². The zero-order chi connectivity index (χ0) is 80.5. The fraction of sp³-hybridized carbons (Fsp3) is 0.101. The molecule has 0 amide bonds. The predicted octanol–water partition coefficient (Wildman–Crippen LogP) is 20.8. The lowest BCUT2D eigenvalue weighted by Gasteiger charge is -2.06. The number of carboxylic acids is 3. The number of aromatic carboxylic acids is 3. The molecule has 0 spiro atoms. The van der Waals surface area contributed by atoms with Gasteiger partial charge in [0.2, 0.25) is 0 Å². The molecule has 24 nitrogen and oxygen atoms in total. The van der Waals surface area contributed by atoms with Crippen LogP contribution >= 0.6 is 116 Å². The number of hydrogen-bond acceptors (Lipinski definition) is 20. The second-order valence-electron chi connectivity index (χ2n) is 23.8. The van der Waals surface area contributed by atoms with Crippen LogP contribution in [0.5, 0.6) is 5.75 Å². The number of nitrogens with zero attached hydrogens (tertiary/aromatic N) is 11. The topological polar surface area (TPSA) is 333 Å². The molecular weight excluding hydrogens is 1670 g/mol. The Kier molecular flexibility index (Phi) is 26.0. The fourth-order valence-electron chi connectivity index (χ4n) is 11.2. The van der Waals surface area contributed by atoms with E-state index in [0.29, 0.717) is 127 Å². The molecule has 0 atom stereocenters. The number of esters is 2. The molecule has 0 fully saturated rings. The molecule has 0 radical (unpaired) electrons. The van der Waals surface area contributed by atoms with E-state index in [1.165, 1.54) is 18.2 Å². The number of carbonyl (C=O) groups excluding carboxylic acids is 2. The van der Waals surface area contributed by atoms with Gasteiger partial charge >= 0.3 is 29.8 Å². The Hall–Kier alpha value is -11.1. The number of benzene rings is 6. The van der Waals surface area contributed by atoms with Crippen molar-refractivity contribution in [2.75, 3.05) is 20.3 Å². The number of carbonyl (C=O) groups is 5. The molecule has 0 aliphatic carbocycles. The third-order valence-corrected chi connectivity index (χ3v) is 20.3. The first-order chi connectivity index (χ1) is 54.3. The van der Waals surface area contributed by atoms with E-state index in [0.717, 1.165) is 67.2 Å². The number of aliphatic imine (C=N–C) groups is 2. The van der Waals surface area contributed by atoms with Crippen LogP contribution in [0.2, 0.25) is 50.2 Å². The summed E-state index contributed by atoms with van der Waals surface area (Å²) in [6.45, 7) is 5.30. The average Bonchev–Trinajstić information content (AvgIpc) is 1.81. The van der Waals surface area contributed by atoms with Crippen LogP contribution < -0.4 is 4.74 Å². The molecule has 16 rings (SSSR count). The summed E-state index contributed by atoms with van der Waals surface area (Å²) < 4.78 is 27.0. The third kappa shape index (κ3) is 18.8. The molecule has 570 valence electrons. The lowest BCUT2D eigenvalue weighted by molar-refractivity contribution is 0.0510. The van der Waals surface area contributed by atoms with E-state index in [1.807, 2.05) is 48.5 Å². The number of ether oxygens (including phenoxy) is 3. The fourth-order valence-corrected chi connectivity index (χ4v) is 12.7. The number of rotatable bonds is 15. The Bertz CT molecular complexity index is 6160. The summed E-state index contributed by atoms with van der Waals surface area (Å²) in [5.41, 5.74) is 12.6. The van der Waals surface area contributed by atoms with Gasteiger partial charge in [0, 0.05) is 44.3 Å². The molecule has 34 heteroatoms. The number of carboxylic acid groups (broad SMARTS) is 3. The molecule has 10 heterocycles. The largest absolute Gasteiger partial charge is 0.497 e. The van der Waals surface area contributed by atoms with Crippen LogP contribution in [0.1, 0.15) is 105 Å². The summed E-state index contributed by atoms with van der Waals surface area (Å²) in [4.78, 5) is 86.2. The Balaban J connectivity index is 0.000000132. The van der Waals surface area contributed by atoms with Crippen molar-refractivity contribution in [3.63, 3.8) is 0 Å². The van der Waals surface area contributed by atoms with Gasteiger partial charge in [-0.15, -0.1) is 0 Å². The van der Waals surface area contributed by atoms with Gasteiger partial charge in [0.05, 0.1) is 124 Å². The van der Waals surface area contributed by atoms with Crippen molar-refractivity contribution >= 4 is 191 Å². The number of hydrogen-bond donors (Lipinski definition) is 3. The van der Waals surface area contributed by atoms with Crippen LogP contribution in [-0.4, -0.2) is 122 Å². The van der Waals surface area contributed by atoms with E-state index in [2.05, 4.69) is 45.2 Å². The van der Waals surface area contributed by atoms with Gasteiger partial charge in [-0.3, -0.25) is 9.98 Å². The van der Waals surface area contributed by atoms with E-state index < -0.39 is 29.8 Å². The third-order valence-electron chi connectivity index (χ3n) is 16.6. The Labute approximate surface area is 690 Å². The Morgan fingerprint density at radius 1 is 0.398 bits per heavy atom. The van der Waals surface area contributed by atoms with Gasteiger partial charge in [-0.1, -0.05) is 169 Å². The molecule has 0 unspecified atom stereocenters. The van der Waals surface area contributed by atoms with Crippen LogP contribution in [0.3, 0.4) is 0 Å². The number of aromatic nitrogens is 9. The van der Waals surface area contributed by atoms with E-state index in [9.17, 15) is 29.1 Å². The SMILES string of the molecule is CCOC(=O)c1ccc2c(-c3ccc(Cl)c(Cl)c3)noc2n1.CCOC(=O)c1ccc2c(n1)CN=C2c1ccc(Cl)c(Cl)c1.COc1ccc(Cn2nc(-c3ccc(Cl)c(Cl)c3)c3ccc(C(=O)O)nc32)cc1.O=C(O)c1ccc2c(-c3ccc(Cl)c(Cl)c3)noc2n1.O=C(O)c1ccc2c(n1)CN=C2c1ccc(Cl)c(Cl)c1. The van der Waals surface area contributed by atoms with Crippen molar-refractivity contribution in [1.29, 1.82) is 0 Å². The molecule has 3 N–H and O–H groups in total. The summed E-state index contributed by atoms with van der Waals surface area (Å²) in [7, 11) is 1.61. The minimum Gasteiger partial charge on any atom is -0.497 e. The molecule has 0 saturated carbocycles. The minimum absolute atomic E-state index is 0.0225. The quantitative estimate of drug-likeness (QED) is 0.0803. The molecule has 2 aliphatic rings.